The predicted octanol–water partition coefficient (Wildman–Crippen LogP) is 2.29. The minimum absolute atomic E-state index is 0.00926. The van der Waals surface area contributed by atoms with Crippen molar-refractivity contribution in [3.63, 3.8) is 0 Å². The van der Waals surface area contributed by atoms with E-state index in [9.17, 15) is 0 Å². The molecule has 0 aliphatic carbocycles. The molecular weight excluding hydrogens is 230 g/mol. The number of nitriles is 3. The van der Waals surface area contributed by atoms with Gasteiger partial charge >= 0.3 is 0 Å². The van der Waals surface area contributed by atoms with E-state index in [2.05, 4.69) is 4.42 Å². The number of phenolic OH excluding ortho intramolecular Hbond substituents is 1. The van der Waals surface area contributed by atoms with E-state index in [4.69, 9.17) is 20.9 Å². The Morgan fingerprint density at radius 1 is 0.944 bits per heavy atom. The van der Waals surface area contributed by atoms with Crippen LogP contribution in [0.4, 0.5) is 0 Å². The van der Waals surface area contributed by atoms with Crippen molar-refractivity contribution in [1.29, 1.82) is 15.8 Å². The van der Waals surface area contributed by atoms with Crippen LogP contribution in [0.2, 0.25) is 0 Å². The van der Waals surface area contributed by atoms with Crippen molar-refractivity contribution >= 4 is 0 Å². The van der Waals surface area contributed by atoms with Gasteiger partial charge in [0.15, 0.2) is 0 Å². The third-order valence-electron chi connectivity index (χ3n) is 1.88. The molecule has 0 unspecified atom stereocenters. The first-order valence-electron chi connectivity index (χ1n) is 4.78. The quantitative estimate of drug-likeness (QED) is 0.756. The molecule has 0 amide bonds. The van der Waals surface area contributed by atoms with Crippen LogP contribution in [0.25, 0.3) is 0 Å². The average Bonchev–Trinajstić information content (AvgIpc) is 2.82. The molecule has 18 heavy (non-hydrogen) atoms. The van der Waals surface area contributed by atoms with Crippen LogP contribution in [0.1, 0.15) is 16.9 Å². The van der Waals surface area contributed by atoms with Gasteiger partial charge in [-0.3, -0.25) is 0 Å². The molecule has 86 valence electrons. The van der Waals surface area contributed by atoms with Crippen molar-refractivity contribution in [3.05, 3.63) is 53.5 Å². The van der Waals surface area contributed by atoms with Gasteiger partial charge in [-0.15, -0.1) is 0 Å². The Balaban J connectivity index is 0.000000199. The van der Waals surface area contributed by atoms with Gasteiger partial charge in [-0.25, -0.2) is 0 Å². The summed E-state index contributed by atoms with van der Waals surface area (Å²) in [5.74, 6) is 0.214. The smallest absolute Gasteiger partial charge is 0.222 e. The van der Waals surface area contributed by atoms with Crippen LogP contribution in [-0.4, -0.2) is 5.11 Å². The van der Waals surface area contributed by atoms with Gasteiger partial charge in [0.1, 0.15) is 41.3 Å². The number of aromatic hydroxyl groups is 1. The van der Waals surface area contributed by atoms with E-state index >= 15 is 0 Å². The lowest BCUT2D eigenvalue weighted by Gasteiger charge is -1.82. The average molecular weight is 237 g/mol. The molecule has 0 saturated heterocycles. The first-order valence-corrected chi connectivity index (χ1v) is 4.78. The van der Waals surface area contributed by atoms with Gasteiger partial charge in [-0.1, -0.05) is 18.2 Å². The summed E-state index contributed by atoms with van der Waals surface area (Å²) in [6, 6.07) is 13.8. The number of para-hydroxylation sites is 1. The minimum Gasteiger partial charge on any atom is -0.508 e. The number of hydrogen-bond acceptors (Lipinski definition) is 5. The van der Waals surface area contributed by atoms with Crippen molar-refractivity contribution in [3.8, 4) is 24.0 Å². The Morgan fingerprint density at radius 3 is 2.00 bits per heavy atom. The summed E-state index contributed by atoms with van der Waals surface area (Å²) >= 11 is 0. The molecule has 2 rings (SSSR count). The number of nitrogens with zero attached hydrogens (tertiary/aromatic N) is 3. The van der Waals surface area contributed by atoms with Gasteiger partial charge in [0.2, 0.25) is 5.76 Å². The molecule has 0 fully saturated rings. The third-order valence-corrected chi connectivity index (χ3v) is 1.88. The Morgan fingerprint density at radius 2 is 1.61 bits per heavy atom. The highest BCUT2D eigenvalue weighted by molar-refractivity contribution is 5.50. The summed E-state index contributed by atoms with van der Waals surface area (Å²) < 4.78 is 4.62. The zero-order valence-electron chi connectivity index (χ0n) is 9.16. The molecule has 0 radical (unpaired) electrons. The predicted molar refractivity (Wildman–Crippen MR) is 61.0 cm³/mol. The highest BCUT2D eigenvalue weighted by Crippen LogP contribution is 2.13. The Hall–Kier alpha value is -3.23. The fourth-order valence-electron chi connectivity index (χ4n) is 1.06. The summed E-state index contributed by atoms with van der Waals surface area (Å²) in [6.07, 6.45) is 1.09. The van der Waals surface area contributed by atoms with E-state index in [1.807, 2.05) is 6.07 Å². The van der Waals surface area contributed by atoms with Crippen LogP contribution in [0.15, 0.2) is 41.0 Å². The van der Waals surface area contributed by atoms with Gasteiger partial charge in [0.05, 0.1) is 0 Å². The van der Waals surface area contributed by atoms with Crippen LogP contribution in [0, 0.1) is 34.0 Å². The lowest BCUT2D eigenvalue weighted by atomic mass is 10.2. The van der Waals surface area contributed by atoms with Gasteiger partial charge in [-0.05, 0) is 12.1 Å². The molecule has 5 nitrogen and oxygen atoms in total. The van der Waals surface area contributed by atoms with Crippen molar-refractivity contribution in [2.75, 3.05) is 0 Å². The number of rotatable bonds is 0. The van der Waals surface area contributed by atoms with Crippen LogP contribution >= 0.6 is 0 Å². The summed E-state index contributed by atoms with van der Waals surface area (Å²) in [4.78, 5) is 0. The number of phenols is 1. The van der Waals surface area contributed by atoms with Crippen LogP contribution in [0.5, 0.6) is 5.75 Å². The fourth-order valence-corrected chi connectivity index (χ4v) is 1.06. The molecule has 1 heterocycles. The number of hydrogen-bond donors (Lipinski definition) is 1. The summed E-state index contributed by atoms with van der Waals surface area (Å²) in [5.41, 5.74) is 0.110. The molecule has 1 aromatic heterocycles. The largest absolute Gasteiger partial charge is 0.508 e. The van der Waals surface area contributed by atoms with Crippen molar-refractivity contribution in [1.82, 2.24) is 0 Å². The first-order chi connectivity index (χ1) is 8.72. The van der Waals surface area contributed by atoms with Crippen molar-refractivity contribution < 1.29 is 9.52 Å². The van der Waals surface area contributed by atoms with Gasteiger partial charge in [0.25, 0.3) is 0 Å². The molecule has 2 aromatic rings. The third kappa shape index (κ3) is 3.13. The Kier molecular flexibility index (Phi) is 4.55. The SMILES string of the molecule is N#Cc1coc(C#N)c1C#N.Oc1ccccc1. The highest BCUT2D eigenvalue weighted by atomic mass is 16.3. The summed E-state index contributed by atoms with van der Waals surface area (Å²) in [7, 11) is 0. The zero-order valence-corrected chi connectivity index (χ0v) is 9.16. The molecule has 1 N–H and O–H groups in total. The number of furan rings is 1. The van der Waals surface area contributed by atoms with Gasteiger partial charge in [-0.2, -0.15) is 15.8 Å². The normalized spacial score (nSPS) is 8.06. The molecule has 0 atom stereocenters. The van der Waals surface area contributed by atoms with E-state index in [0.29, 0.717) is 5.75 Å². The maximum absolute atomic E-state index is 8.63. The summed E-state index contributed by atoms with van der Waals surface area (Å²) in [5, 5.41) is 33.8. The second-order valence-electron chi connectivity index (χ2n) is 3.02. The fraction of sp³-hybridized carbons (Fsp3) is 0. The molecule has 0 aliphatic rings. The molecular formula is C13H7N3O2. The molecule has 0 aliphatic heterocycles. The second kappa shape index (κ2) is 6.37. The molecule has 0 spiro atoms. The zero-order chi connectivity index (χ0) is 13.4. The van der Waals surface area contributed by atoms with E-state index in [0.717, 1.165) is 6.26 Å². The first kappa shape index (κ1) is 12.8. The Labute approximate surface area is 103 Å². The Bertz CT molecular complexity index is 608. The maximum atomic E-state index is 8.63. The lowest BCUT2D eigenvalue weighted by Crippen LogP contribution is -1.77. The van der Waals surface area contributed by atoms with E-state index in [-0.39, 0.29) is 16.9 Å². The monoisotopic (exact) mass is 237 g/mol. The van der Waals surface area contributed by atoms with E-state index < -0.39 is 0 Å². The van der Waals surface area contributed by atoms with E-state index in [1.165, 1.54) is 0 Å². The standard InChI is InChI=1S/C7HN3O.C6H6O/c8-1-5-4-11-7(3-10)6(5)2-9;7-6-4-2-1-3-5-6/h4H;1-5,7H. The number of benzene rings is 1. The topological polar surface area (TPSA) is 105 Å². The molecule has 5 heteroatoms. The van der Waals surface area contributed by atoms with Crippen LogP contribution < -0.4 is 0 Å². The maximum Gasteiger partial charge on any atom is 0.222 e. The molecule has 0 saturated carbocycles. The van der Waals surface area contributed by atoms with Crippen molar-refractivity contribution in [2.24, 2.45) is 0 Å². The molecule has 0 bridgehead atoms. The second-order valence-corrected chi connectivity index (χ2v) is 3.02. The van der Waals surface area contributed by atoms with Gasteiger partial charge < -0.3 is 9.52 Å². The van der Waals surface area contributed by atoms with E-state index in [1.54, 1.807) is 42.5 Å². The van der Waals surface area contributed by atoms with Crippen LogP contribution in [0.3, 0.4) is 0 Å². The van der Waals surface area contributed by atoms with Gasteiger partial charge in [0, 0.05) is 0 Å². The molecule has 1 aromatic carbocycles. The highest BCUT2D eigenvalue weighted by Gasteiger charge is 2.11. The lowest BCUT2D eigenvalue weighted by molar-refractivity contribution is 0.475. The minimum atomic E-state index is -0.107. The summed E-state index contributed by atoms with van der Waals surface area (Å²) in [6.45, 7) is 0. The van der Waals surface area contributed by atoms with Crippen molar-refractivity contribution in [2.45, 2.75) is 0 Å². The van der Waals surface area contributed by atoms with Crippen LogP contribution in [-0.2, 0) is 0 Å².